The average molecular weight is 285 g/mol. The lowest BCUT2D eigenvalue weighted by Crippen LogP contribution is -2.22. The number of benzene rings is 2. The summed E-state index contributed by atoms with van der Waals surface area (Å²) in [5.41, 5.74) is 0.652. The molecule has 1 heterocycles. The first-order valence-electron chi connectivity index (χ1n) is 6.71. The Morgan fingerprint density at radius 2 is 1.81 bits per heavy atom. The second-order valence-electron chi connectivity index (χ2n) is 4.81. The van der Waals surface area contributed by atoms with Crippen molar-refractivity contribution in [3.63, 3.8) is 0 Å². The van der Waals surface area contributed by atoms with Crippen molar-refractivity contribution in [1.82, 2.24) is 4.57 Å². The fourth-order valence-electron chi connectivity index (χ4n) is 2.53. The summed E-state index contributed by atoms with van der Waals surface area (Å²) in [6.07, 6.45) is 0.582. The van der Waals surface area contributed by atoms with E-state index in [0.29, 0.717) is 23.2 Å². The number of aryl methyl sites for hydroxylation is 1. The molecule has 0 bridgehead atoms. The van der Waals surface area contributed by atoms with Crippen LogP contribution in [0, 0.1) is 11.6 Å². The maximum atomic E-state index is 14.0. The molecule has 4 heteroatoms. The van der Waals surface area contributed by atoms with E-state index >= 15 is 0 Å². The summed E-state index contributed by atoms with van der Waals surface area (Å²) in [7, 11) is 0. The van der Waals surface area contributed by atoms with Crippen molar-refractivity contribution in [3.8, 4) is 5.69 Å². The van der Waals surface area contributed by atoms with Crippen molar-refractivity contribution >= 4 is 10.8 Å². The van der Waals surface area contributed by atoms with Gasteiger partial charge in [0.2, 0.25) is 0 Å². The fourth-order valence-corrected chi connectivity index (χ4v) is 2.53. The predicted molar refractivity (Wildman–Crippen MR) is 78.8 cm³/mol. The molecule has 2 nitrogen and oxygen atoms in total. The Hall–Kier alpha value is -2.49. The van der Waals surface area contributed by atoms with Crippen molar-refractivity contribution in [2.45, 2.75) is 13.3 Å². The maximum absolute atomic E-state index is 14.0. The number of nitrogens with zero attached hydrogens (tertiary/aromatic N) is 1. The first-order valence-corrected chi connectivity index (χ1v) is 6.71. The second kappa shape index (κ2) is 5.13. The summed E-state index contributed by atoms with van der Waals surface area (Å²) in [5, 5.41) is 0.587. The van der Waals surface area contributed by atoms with E-state index in [-0.39, 0.29) is 5.39 Å². The topological polar surface area (TPSA) is 22.0 Å². The van der Waals surface area contributed by atoms with Crippen LogP contribution in [0.4, 0.5) is 8.78 Å². The molecule has 0 saturated carbocycles. The van der Waals surface area contributed by atoms with Crippen LogP contribution in [0.3, 0.4) is 0 Å². The van der Waals surface area contributed by atoms with E-state index in [0.717, 1.165) is 0 Å². The summed E-state index contributed by atoms with van der Waals surface area (Å²) in [6.45, 7) is 1.90. The van der Waals surface area contributed by atoms with Gasteiger partial charge < -0.3 is 0 Å². The third kappa shape index (κ3) is 2.23. The van der Waals surface area contributed by atoms with Gasteiger partial charge >= 0.3 is 0 Å². The van der Waals surface area contributed by atoms with Gasteiger partial charge in [-0.15, -0.1) is 0 Å². The number of aromatic nitrogens is 1. The van der Waals surface area contributed by atoms with Crippen LogP contribution in [0.1, 0.15) is 12.6 Å². The first kappa shape index (κ1) is 13.5. The molecule has 0 amide bonds. The highest BCUT2D eigenvalue weighted by atomic mass is 19.1. The Morgan fingerprint density at radius 1 is 1.05 bits per heavy atom. The predicted octanol–water partition coefficient (Wildman–Crippen LogP) is 3.83. The van der Waals surface area contributed by atoms with Gasteiger partial charge in [0, 0.05) is 5.69 Å². The summed E-state index contributed by atoms with van der Waals surface area (Å²) < 4.78 is 28.8. The number of fused-ring (bicyclic) bond motifs is 1. The smallest absolute Gasteiger partial charge is 0.266 e. The molecule has 0 atom stereocenters. The summed E-state index contributed by atoms with van der Waals surface area (Å²) in [4.78, 5) is 12.6. The van der Waals surface area contributed by atoms with Gasteiger partial charge in [0.1, 0.15) is 11.6 Å². The van der Waals surface area contributed by atoms with Crippen molar-refractivity contribution in [2.24, 2.45) is 0 Å². The Morgan fingerprint density at radius 3 is 2.52 bits per heavy atom. The van der Waals surface area contributed by atoms with Gasteiger partial charge in [0.05, 0.1) is 11.1 Å². The van der Waals surface area contributed by atoms with Gasteiger partial charge in [0.25, 0.3) is 5.56 Å². The molecule has 0 saturated heterocycles. The highest BCUT2D eigenvalue weighted by molar-refractivity contribution is 5.83. The van der Waals surface area contributed by atoms with Gasteiger partial charge in [-0.1, -0.05) is 25.1 Å². The molecular weight excluding hydrogens is 272 g/mol. The van der Waals surface area contributed by atoms with Crippen LogP contribution in [0.5, 0.6) is 0 Å². The molecule has 0 aliphatic heterocycles. The third-order valence-electron chi connectivity index (χ3n) is 3.50. The molecule has 1 aromatic heterocycles. The van der Waals surface area contributed by atoms with Crippen LogP contribution in [0.2, 0.25) is 0 Å². The number of rotatable bonds is 2. The average Bonchev–Trinajstić information content (AvgIpc) is 2.46. The van der Waals surface area contributed by atoms with Crippen LogP contribution >= 0.6 is 0 Å². The van der Waals surface area contributed by atoms with Crippen molar-refractivity contribution in [1.29, 1.82) is 0 Å². The van der Waals surface area contributed by atoms with E-state index in [2.05, 4.69) is 0 Å². The minimum absolute atomic E-state index is 0.0268. The number of hydrogen-bond donors (Lipinski definition) is 0. The molecular formula is C17H13F2NO. The lowest BCUT2D eigenvalue weighted by Gasteiger charge is -2.13. The lowest BCUT2D eigenvalue weighted by atomic mass is 10.1. The van der Waals surface area contributed by atoms with E-state index in [9.17, 15) is 13.6 Å². The highest BCUT2D eigenvalue weighted by Crippen LogP contribution is 2.19. The minimum Gasteiger partial charge on any atom is -0.281 e. The molecule has 0 fully saturated rings. The van der Waals surface area contributed by atoms with E-state index in [1.165, 1.54) is 28.8 Å². The van der Waals surface area contributed by atoms with Crippen molar-refractivity contribution in [3.05, 3.63) is 76.2 Å². The molecule has 3 aromatic rings. The van der Waals surface area contributed by atoms with E-state index in [1.807, 2.05) is 6.92 Å². The molecule has 0 spiro atoms. The largest absolute Gasteiger partial charge is 0.281 e. The first-order chi connectivity index (χ1) is 10.1. The molecule has 21 heavy (non-hydrogen) atoms. The molecule has 0 aliphatic carbocycles. The summed E-state index contributed by atoms with van der Waals surface area (Å²) in [6, 6.07) is 12.0. The van der Waals surface area contributed by atoms with Crippen molar-refractivity contribution < 1.29 is 8.78 Å². The van der Waals surface area contributed by atoms with Crippen LogP contribution in [0.25, 0.3) is 16.5 Å². The number of hydrogen-bond acceptors (Lipinski definition) is 1. The zero-order valence-electron chi connectivity index (χ0n) is 11.4. The monoisotopic (exact) mass is 285 g/mol. The Bertz CT molecular complexity index is 884. The van der Waals surface area contributed by atoms with E-state index in [4.69, 9.17) is 0 Å². The molecule has 2 aromatic carbocycles. The second-order valence-corrected chi connectivity index (χ2v) is 4.81. The highest BCUT2D eigenvalue weighted by Gasteiger charge is 2.13. The summed E-state index contributed by atoms with van der Waals surface area (Å²) in [5.74, 6) is -1.000. The van der Waals surface area contributed by atoms with Gasteiger partial charge in [-0.05, 0) is 42.1 Å². The molecule has 0 aliphatic rings. The minimum atomic E-state index is -0.565. The molecule has 3 rings (SSSR count). The van der Waals surface area contributed by atoms with Crippen molar-refractivity contribution in [2.75, 3.05) is 0 Å². The Kier molecular flexibility index (Phi) is 3.29. The molecule has 0 N–H and O–H groups in total. The molecule has 106 valence electrons. The number of pyridine rings is 1. The number of halogens is 2. The summed E-state index contributed by atoms with van der Waals surface area (Å²) >= 11 is 0. The quantitative estimate of drug-likeness (QED) is 0.701. The Labute approximate surface area is 120 Å². The maximum Gasteiger partial charge on any atom is 0.266 e. The van der Waals surface area contributed by atoms with Gasteiger partial charge in [0.15, 0.2) is 0 Å². The van der Waals surface area contributed by atoms with E-state index < -0.39 is 17.2 Å². The molecule has 0 radical (unpaired) electrons. The lowest BCUT2D eigenvalue weighted by molar-refractivity contribution is 0.625. The Balaban J connectivity index is 2.44. The fraction of sp³-hybridized carbons (Fsp3) is 0.118. The van der Waals surface area contributed by atoms with Gasteiger partial charge in [-0.25, -0.2) is 8.78 Å². The zero-order chi connectivity index (χ0) is 15.0. The van der Waals surface area contributed by atoms with Crippen LogP contribution < -0.4 is 5.56 Å². The standard InChI is InChI=1S/C17H13F2NO/c1-2-13-9-11-5-3-8-15(19)16(11)17(21)20(13)14-7-4-6-12(18)10-14/h3-10H,2H2,1H3. The normalized spacial score (nSPS) is 11.0. The zero-order valence-corrected chi connectivity index (χ0v) is 11.4. The van der Waals surface area contributed by atoms with Crippen LogP contribution in [-0.2, 0) is 6.42 Å². The van der Waals surface area contributed by atoms with Crippen LogP contribution in [-0.4, -0.2) is 4.57 Å². The molecule has 0 unspecified atom stereocenters. The van der Waals surface area contributed by atoms with Gasteiger partial charge in [-0.3, -0.25) is 9.36 Å². The SMILES string of the molecule is CCc1cc2cccc(F)c2c(=O)n1-c1cccc(F)c1. The van der Waals surface area contributed by atoms with Gasteiger partial charge in [-0.2, -0.15) is 0 Å². The third-order valence-corrected chi connectivity index (χ3v) is 3.50. The van der Waals surface area contributed by atoms with E-state index in [1.54, 1.807) is 24.3 Å². The van der Waals surface area contributed by atoms with Crippen LogP contribution in [0.15, 0.2) is 53.3 Å².